The van der Waals surface area contributed by atoms with E-state index in [1.807, 2.05) is 6.07 Å². The van der Waals surface area contributed by atoms with E-state index in [1.54, 1.807) is 6.07 Å². The Kier molecular flexibility index (Phi) is 4.59. The summed E-state index contributed by atoms with van der Waals surface area (Å²) in [4.78, 5) is 13.4. The van der Waals surface area contributed by atoms with E-state index in [9.17, 15) is 9.90 Å². The molecule has 2 fully saturated rings. The number of anilines is 1. The molecule has 3 aliphatic rings. The maximum Gasteiger partial charge on any atom is 0.123 e. The SMILES string of the molecule is O=CC1CCN(c2ccc([C@@H]3c4ccc(O)cc4CO[C@@H]3C3CC3)cc2)CC1. The molecule has 28 heavy (non-hydrogen) atoms. The van der Waals surface area contributed by atoms with Crippen LogP contribution in [0.2, 0.25) is 0 Å². The van der Waals surface area contributed by atoms with Gasteiger partial charge in [-0.05, 0) is 72.6 Å². The van der Waals surface area contributed by atoms with Crippen molar-refractivity contribution < 1.29 is 14.6 Å². The fraction of sp³-hybridized carbons (Fsp3) is 0.458. The van der Waals surface area contributed by atoms with Gasteiger partial charge >= 0.3 is 0 Å². The fourth-order valence-corrected chi connectivity index (χ4v) is 4.87. The second-order valence-corrected chi connectivity index (χ2v) is 8.53. The number of hydrogen-bond donors (Lipinski definition) is 1. The third kappa shape index (κ3) is 3.30. The van der Waals surface area contributed by atoms with Gasteiger partial charge in [-0.15, -0.1) is 0 Å². The number of ether oxygens (including phenoxy) is 1. The van der Waals surface area contributed by atoms with Crippen LogP contribution < -0.4 is 4.90 Å². The van der Waals surface area contributed by atoms with Crippen molar-refractivity contribution in [3.8, 4) is 5.75 Å². The van der Waals surface area contributed by atoms with Crippen LogP contribution in [0.15, 0.2) is 42.5 Å². The van der Waals surface area contributed by atoms with Gasteiger partial charge in [-0.3, -0.25) is 0 Å². The van der Waals surface area contributed by atoms with Gasteiger partial charge in [-0.1, -0.05) is 18.2 Å². The minimum Gasteiger partial charge on any atom is -0.508 e. The number of phenols is 1. The van der Waals surface area contributed by atoms with Crippen LogP contribution >= 0.6 is 0 Å². The molecule has 2 aromatic carbocycles. The van der Waals surface area contributed by atoms with E-state index in [2.05, 4.69) is 35.2 Å². The molecule has 1 aliphatic carbocycles. The Morgan fingerprint density at radius 3 is 2.43 bits per heavy atom. The quantitative estimate of drug-likeness (QED) is 0.810. The first kappa shape index (κ1) is 17.7. The van der Waals surface area contributed by atoms with Crippen molar-refractivity contribution in [2.75, 3.05) is 18.0 Å². The van der Waals surface area contributed by atoms with Gasteiger partial charge < -0.3 is 19.5 Å². The number of benzene rings is 2. The summed E-state index contributed by atoms with van der Waals surface area (Å²) in [6.45, 7) is 2.48. The summed E-state index contributed by atoms with van der Waals surface area (Å²) in [5.41, 5.74) is 4.91. The molecule has 5 rings (SSSR count). The van der Waals surface area contributed by atoms with E-state index in [-0.39, 0.29) is 17.9 Å². The minimum absolute atomic E-state index is 0.224. The van der Waals surface area contributed by atoms with Crippen molar-refractivity contribution in [2.24, 2.45) is 11.8 Å². The number of carbonyl (C=O) groups excluding carboxylic acids is 1. The highest BCUT2D eigenvalue weighted by molar-refractivity contribution is 5.56. The number of carbonyl (C=O) groups is 1. The molecule has 0 unspecified atom stereocenters. The standard InChI is InChI=1S/C24H27NO3/c26-14-16-9-11-25(12-10-16)20-5-3-17(4-6-20)23-22-8-7-21(27)13-19(22)15-28-24(23)18-1-2-18/h3-8,13-14,16,18,23-24,27H,1-2,9-12,15H2/t23-,24-/m1/s1. The van der Waals surface area contributed by atoms with Crippen LogP contribution in [0.5, 0.6) is 5.75 Å². The lowest BCUT2D eigenvalue weighted by Gasteiger charge is -2.35. The predicted octanol–water partition coefficient (Wildman–Crippen LogP) is 4.25. The molecule has 0 amide bonds. The summed E-state index contributed by atoms with van der Waals surface area (Å²) < 4.78 is 6.27. The Balaban J connectivity index is 1.42. The summed E-state index contributed by atoms with van der Waals surface area (Å²) in [6, 6.07) is 14.6. The van der Waals surface area contributed by atoms with Crippen LogP contribution in [0, 0.1) is 11.8 Å². The Labute approximate surface area is 166 Å². The second-order valence-electron chi connectivity index (χ2n) is 8.53. The highest BCUT2D eigenvalue weighted by atomic mass is 16.5. The van der Waals surface area contributed by atoms with Gasteiger partial charge in [-0.25, -0.2) is 0 Å². The number of fused-ring (bicyclic) bond motifs is 1. The Hall–Kier alpha value is -2.33. The lowest BCUT2D eigenvalue weighted by molar-refractivity contribution is -0.111. The minimum atomic E-state index is 0.224. The number of aldehydes is 1. The van der Waals surface area contributed by atoms with Crippen LogP contribution in [0.4, 0.5) is 5.69 Å². The maximum absolute atomic E-state index is 11.0. The van der Waals surface area contributed by atoms with Crippen molar-refractivity contribution in [1.82, 2.24) is 0 Å². The lowest BCUT2D eigenvalue weighted by Crippen LogP contribution is -2.34. The van der Waals surface area contributed by atoms with E-state index in [0.29, 0.717) is 18.3 Å². The van der Waals surface area contributed by atoms with Crippen molar-refractivity contribution in [3.63, 3.8) is 0 Å². The van der Waals surface area contributed by atoms with E-state index < -0.39 is 0 Å². The smallest absolute Gasteiger partial charge is 0.123 e. The second kappa shape index (κ2) is 7.25. The molecule has 0 radical (unpaired) electrons. The topological polar surface area (TPSA) is 49.8 Å². The molecule has 2 atom stereocenters. The Bertz CT molecular complexity index is 851. The monoisotopic (exact) mass is 377 g/mol. The molecule has 2 aliphatic heterocycles. The molecule has 146 valence electrons. The summed E-state index contributed by atoms with van der Waals surface area (Å²) in [6.07, 6.45) is 5.73. The van der Waals surface area contributed by atoms with E-state index in [0.717, 1.165) is 37.8 Å². The predicted molar refractivity (Wildman–Crippen MR) is 109 cm³/mol. The van der Waals surface area contributed by atoms with E-state index in [4.69, 9.17) is 4.74 Å². The molecule has 1 N–H and O–H groups in total. The van der Waals surface area contributed by atoms with Crippen LogP contribution in [-0.2, 0) is 16.1 Å². The lowest BCUT2D eigenvalue weighted by atomic mass is 9.80. The van der Waals surface area contributed by atoms with Gasteiger partial charge in [0.05, 0.1) is 12.7 Å². The average molecular weight is 377 g/mol. The normalized spacial score (nSPS) is 25.4. The molecule has 4 heteroatoms. The Morgan fingerprint density at radius 2 is 1.75 bits per heavy atom. The van der Waals surface area contributed by atoms with Gasteiger partial charge in [0.25, 0.3) is 0 Å². The van der Waals surface area contributed by atoms with Crippen LogP contribution in [0.1, 0.15) is 48.3 Å². The summed E-state index contributed by atoms with van der Waals surface area (Å²) in [5, 5.41) is 9.87. The molecular weight excluding hydrogens is 350 g/mol. The van der Waals surface area contributed by atoms with Crippen molar-refractivity contribution >= 4 is 12.0 Å². The first-order valence-electron chi connectivity index (χ1n) is 10.5. The fourth-order valence-electron chi connectivity index (χ4n) is 4.87. The van der Waals surface area contributed by atoms with Crippen molar-refractivity contribution in [1.29, 1.82) is 0 Å². The summed E-state index contributed by atoms with van der Waals surface area (Å²) >= 11 is 0. The number of aromatic hydroxyl groups is 1. The zero-order chi connectivity index (χ0) is 19.1. The molecule has 0 spiro atoms. The molecule has 1 saturated heterocycles. The number of phenolic OH excluding ortho intramolecular Hbond substituents is 1. The summed E-state index contributed by atoms with van der Waals surface area (Å²) in [7, 11) is 0. The van der Waals surface area contributed by atoms with Gasteiger partial charge in [0.2, 0.25) is 0 Å². The van der Waals surface area contributed by atoms with Crippen molar-refractivity contribution in [2.45, 2.75) is 44.3 Å². The molecule has 1 saturated carbocycles. The third-order valence-electron chi connectivity index (χ3n) is 6.66. The number of piperidine rings is 1. The van der Waals surface area contributed by atoms with E-state index in [1.165, 1.54) is 29.7 Å². The van der Waals surface area contributed by atoms with Crippen LogP contribution in [-0.4, -0.2) is 30.6 Å². The first-order valence-corrected chi connectivity index (χ1v) is 10.5. The third-order valence-corrected chi connectivity index (χ3v) is 6.66. The van der Waals surface area contributed by atoms with E-state index >= 15 is 0 Å². The highest BCUT2D eigenvalue weighted by Gasteiger charge is 2.41. The molecule has 0 aromatic heterocycles. The zero-order valence-electron chi connectivity index (χ0n) is 16.1. The van der Waals surface area contributed by atoms with Crippen molar-refractivity contribution in [3.05, 3.63) is 59.2 Å². The zero-order valence-corrected chi connectivity index (χ0v) is 16.1. The molecule has 4 nitrogen and oxygen atoms in total. The largest absolute Gasteiger partial charge is 0.508 e. The number of hydrogen-bond acceptors (Lipinski definition) is 4. The Morgan fingerprint density at radius 1 is 1.00 bits per heavy atom. The molecule has 2 aromatic rings. The van der Waals surface area contributed by atoms with Gasteiger partial charge in [0, 0.05) is 30.6 Å². The molecule has 2 heterocycles. The maximum atomic E-state index is 11.0. The highest BCUT2D eigenvalue weighted by Crippen LogP contribution is 2.47. The summed E-state index contributed by atoms with van der Waals surface area (Å²) in [5.74, 6) is 1.41. The molecular formula is C24H27NO3. The van der Waals surface area contributed by atoms with Gasteiger partial charge in [-0.2, -0.15) is 0 Å². The van der Waals surface area contributed by atoms with Crippen LogP contribution in [0.25, 0.3) is 0 Å². The van der Waals surface area contributed by atoms with Gasteiger partial charge in [0.15, 0.2) is 0 Å². The first-order chi connectivity index (χ1) is 13.7. The number of rotatable bonds is 4. The molecule has 0 bridgehead atoms. The van der Waals surface area contributed by atoms with Crippen LogP contribution in [0.3, 0.4) is 0 Å². The average Bonchev–Trinajstić information content (AvgIpc) is 3.58. The number of nitrogens with zero attached hydrogens (tertiary/aromatic N) is 1. The van der Waals surface area contributed by atoms with Gasteiger partial charge in [0.1, 0.15) is 12.0 Å².